The number of rotatable bonds is 4. The van der Waals surface area contributed by atoms with Gasteiger partial charge in [0.15, 0.2) is 11.5 Å². The van der Waals surface area contributed by atoms with E-state index in [0.29, 0.717) is 40.4 Å². The fourth-order valence-electron chi connectivity index (χ4n) is 3.00. The smallest absolute Gasteiger partial charge is 0.266 e. The number of aryl methyl sites for hydroxylation is 2. The van der Waals surface area contributed by atoms with E-state index < -0.39 is 5.56 Å². The Morgan fingerprint density at radius 1 is 1.35 bits per heavy atom. The van der Waals surface area contributed by atoms with Crippen molar-refractivity contribution in [2.24, 2.45) is 0 Å². The number of nitrogens with zero attached hydrogens (tertiary/aromatic N) is 2. The first-order chi connectivity index (χ1) is 12.4. The summed E-state index contributed by atoms with van der Waals surface area (Å²) >= 11 is 0. The Morgan fingerprint density at radius 2 is 2.12 bits per heavy atom. The first kappa shape index (κ1) is 17.4. The van der Waals surface area contributed by atoms with Crippen molar-refractivity contribution in [3.8, 4) is 6.07 Å². The molecule has 2 heterocycles. The zero-order valence-electron chi connectivity index (χ0n) is 14.8. The lowest BCUT2D eigenvalue weighted by Gasteiger charge is -2.11. The van der Waals surface area contributed by atoms with Gasteiger partial charge in [-0.2, -0.15) is 5.26 Å². The van der Waals surface area contributed by atoms with Crippen LogP contribution in [0.4, 0.5) is 5.69 Å². The van der Waals surface area contributed by atoms with Gasteiger partial charge in [-0.15, -0.1) is 0 Å². The summed E-state index contributed by atoms with van der Waals surface area (Å²) in [4.78, 5) is 30.9. The van der Waals surface area contributed by atoms with Crippen LogP contribution in [0.25, 0.3) is 11.1 Å². The molecule has 0 fully saturated rings. The van der Waals surface area contributed by atoms with Crippen molar-refractivity contribution in [2.75, 3.05) is 5.32 Å². The number of amides is 1. The number of oxazole rings is 1. The van der Waals surface area contributed by atoms with E-state index in [0.717, 1.165) is 5.56 Å². The lowest BCUT2D eigenvalue weighted by Crippen LogP contribution is -2.18. The molecule has 0 spiro atoms. The maximum Gasteiger partial charge on any atom is 0.266 e. The van der Waals surface area contributed by atoms with Gasteiger partial charge < -0.3 is 14.7 Å². The molecule has 0 aliphatic carbocycles. The van der Waals surface area contributed by atoms with E-state index in [4.69, 9.17) is 9.68 Å². The number of carbonyl (C=O) groups is 1. The molecule has 0 unspecified atom stereocenters. The van der Waals surface area contributed by atoms with Crippen molar-refractivity contribution < 1.29 is 9.21 Å². The molecular weight excluding hydrogens is 332 g/mol. The second kappa shape index (κ2) is 6.84. The molecule has 132 valence electrons. The molecule has 0 saturated carbocycles. The van der Waals surface area contributed by atoms with Crippen molar-refractivity contribution in [2.45, 2.75) is 33.6 Å². The molecule has 2 N–H and O–H groups in total. The summed E-state index contributed by atoms with van der Waals surface area (Å²) in [6, 6.07) is 7.20. The Morgan fingerprint density at radius 3 is 2.85 bits per heavy atom. The minimum Gasteiger partial charge on any atom is -0.441 e. The first-order valence-electron chi connectivity index (χ1n) is 8.18. The van der Waals surface area contributed by atoms with Crippen LogP contribution in [-0.2, 0) is 11.2 Å². The van der Waals surface area contributed by atoms with Gasteiger partial charge in [-0.05, 0) is 49.6 Å². The molecule has 0 bridgehead atoms. The van der Waals surface area contributed by atoms with E-state index in [2.05, 4.69) is 15.3 Å². The van der Waals surface area contributed by atoms with Crippen LogP contribution in [0.3, 0.4) is 0 Å². The number of fused-ring (bicyclic) bond motifs is 1. The van der Waals surface area contributed by atoms with Crippen molar-refractivity contribution >= 4 is 22.7 Å². The van der Waals surface area contributed by atoms with Gasteiger partial charge in [0.1, 0.15) is 17.1 Å². The zero-order chi connectivity index (χ0) is 18.8. The Kier molecular flexibility index (Phi) is 4.59. The minimum atomic E-state index is -0.396. The van der Waals surface area contributed by atoms with E-state index in [1.807, 2.05) is 6.07 Å². The van der Waals surface area contributed by atoms with Crippen molar-refractivity contribution in [1.29, 1.82) is 5.26 Å². The number of hydrogen-bond donors (Lipinski definition) is 2. The topological polar surface area (TPSA) is 112 Å². The number of H-pyrrole nitrogens is 1. The maximum absolute atomic E-state index is 12.3. The summed E-state index contributed by atoms with van der Waals surface area (Å²) in [7, 11) is 0. The number of nitrogens with one attached hydrogen (secondary N) is 2. The molecule has 7 heteroatoms. The number of hydrogen-bond acceptors (Lipinski definition) is 5. The number of pyridine rings is 1. The molecule has 7 nitrogen and oxygen atoms in total. The number of carbonyl (C=O) groups excluding carboxylic acids is 1. The fraction of sp³-hybridized carbons (Fsp3) is 0.263. The third-order valence-corrected chi connectivity index (χ3v) is 4.30. The third kappa shape index (κ3) is 3.35. The summed E-state index contributed by atoms with van der Waals surface area (Å²) in [5.41, 5.74) is 3.82. The highest BCUT2D eigenvalue weighted by atomic mass is 16.3. The predicted octanol–water partition coefficient (Wildman–Crippen LogP) is 2.88. The first-order valence-corrected chi connectivity index (χ1v) is 8.18. The lowest BCUT2D eigenvalue weighted by molar-refractivity contribution is -0.116. The molecule has 2 aromatic heterocycles. The summed E-state index contributed by atoms with van der Waals surface area (Å²) in [5.74, 6) is 0.411. The number of nitriles is 1. The molecule has 3 aromatic rings. The summed E-state index contributed by atoms with van der Waals surface area (Å²) in [6.07, 6.45) is 0.661. The Bertz CT molecular complexity index is 1100. The van der Waals surface area contributed by atoms with E-state index in [-0.39, 0.29) is 17.9 Å². The number of aromatic nitrogens is 2. The highest BCUT2D eigenvalue weighted by Crippen LogP contribution is 2.20. The van der Waals surface area contributed by atoms with Crippen LogP contribution in [0.15, 0.2) is 27.4 Å². The summed E-state index contributed by atoms with van der Waals surface area (Å²) in [5, 5.41) is 11.9. The van der Waals surface area contributed by atoms with Gasteiger partial charge in [0, 0.05) is 24.7 Å². The number of aromatic amines is 1. The Balaban J connectivity index is 1.73. The SMILES string of the molecule is Cc1nc2cc(NC(=O)CCc3c(C)[nH]c(=O)c(C#N)c3C)ccc2o1. The van der Waals surface area contributed by atoms with Crippen molar-refractivity contribution in [3.05, 3.63) is 56.8 Å². The van der Waals surface area contributed by atoms with E-state index in [1.54, 1.807) is 39.0 Å². The average Bonchev–Trinajstić information content (AvgIpc) is 2.94. The minimum absolute atomic E-state index is 0.0952. The second-order valence-electron chi connectivity index (χ2n) is 6.13. The highest BCUT2D eigenvalue weighted by Gasteiger charge is 2.14. The van der Waals surface area contributed by atoms with Crippen LogP contribution >= 0.6 is 0 Å². The largest absolute Gasteiger partial charge is 0.441 e. The normalized spacial score (nSPS) is 10.7. The molecule has 3 rings (SSSR count). The van der Waals surface area contributed by atoms with E-state index >= 15 is 0 Å². The van der Waals surface area contributed by atoms with Crippen LogP contribution in [0.2, 0.25) is 0 Å². The Labute approximate surface area is 149 Å². The highest BCUT2D eigenvalue weighted by molar-refractivity contribution is 5.92. The van der Waals surface area contributed by atoms with Gasteiger partial charge >= 0.3 is 0 Å². The summed E-state index contributed by atoms with van der Waals surface area (Å²) in [6.45, 7) is 5.26. The molecule has 0 saturated heterocycles. The number of anilines is 1. The van der Waals surface area contributed by atoms with Crippen LogP contribution in [-0.4, -0.2) is 15.9 Å². The van der Waals surface area contributed by atoms with Gasteiger partial charge in [0.2, 0.25) is 5.91 Å². The molecule has 0 radical (unpaired) electrons. The van der Waals surface area contributed by atoms with Gasteiger partial charge in [0.25, 0.3) is 5.56 Å². The quantitative estimate of drug-likeness (QED) is 0.751. The monoisotopic (exact) mass is 350 g/mol. The van der Waals surface area contributed by atoms with Crippen LogP contribution in [0.5, 0.6) is 0 Å². The van der Waals surface area contributed by atoms with Crippen LogP contribution in [0.1, 0.15) is 34.7 Å². The third-order valence-electron chi connectivity index (χ3n) is 4.30. The molecule has 1 amide bonds. The summed E-state index contributed by atoms with van der Waals surface area (Å²) < 4.78 is 5.41. The Hall–Kier alpha value is -3.40. The molecule has 0 aliphatic heterocycles. The molecule has 0 aliphatic rings. The standard InChI is InChI=1S/C19H18N4O3/c1-10-14(11(2)21-19(25)15(10)9-20)5-7-18(24)23-13-4-6-17-16(8-13)22-12(3)26-17/h4,6,8H,5,7H2,1-3H3,(H,21,25)(H,23,24). The maximum atomic E-state index is 12.3. The molecule has 1 aromatic carbocycles. The number of benzene rings is 1. The predicted molar refractivity (Wildman–Crippen MR) is 96.9 cm³/mol. The van der Waals surface area contributed by atoms with Crippen molar-refractivity contribution in [3.63, 3.8) is 0 Å². The molecular formula is C19H18N4O3. The second-order valence-corrected chi connectivity index (χ2v) is 6.13. The van der Waals surface area contributed by atoms with Gasteiger partial charge in [0.05, 0.1) is 0 Å². The zero-order valence-corrected chi connectivity index (χ0v) is 14.8. The van der Waals surface area contributed by atoms with Crippen molar-refractivity contribution in [1.82, 2.24) is 9.97 Å². The van der Waals surface area contributed by atoms with Gasteiger partial charge in [-0.25, -0.2) is 4.98 Å². The molecule has 0 atom stereocenters. The average molecular weight is 350 g/mol. The van der Waals surface area contributed by atoms with Crippen LogP contribution in [0, 0.1) is 32.1 Å². The fourth-order valence-corrected chi connectivity index (χ4v) is 3.00. The van der Waals surface area contributed by atoms with E-state index in [9.17, 15) is 9.59 Å². The van der Waals surface area contributed by atoms with Gasteiger partial charge in [-0.3, -0.25) is 9.59 Å². The van der Waals surface area contributed by atoms with E-state index in [1.165, 1.54) is 0 Å². The van der Waals surface area contributed by atoms with Gasteiger partial charge in [-0.1, -0.05) is 0 Å². The molecule has 26 heavy (non-hydrogen) atoms. The van der Waals surface area contributed by atoms with Crippen LogP contribution < -0.4 is 10.9 Å². The lowest BCUT2D eigenvalue weighted by atomic mass is 9.99.